The van der Waals surface area contributed by atoms with Gasteiger partial charge in [-0.05, 0) is 78.4 Å². The molecule has 4 aliphatic carbocycles. The highest BCUT2D eigenvalue weighted by molar-refractivity contribution is 14.1. The molecule has 0 aromatic rings. The van der Waals surface area contributed by atoms with E-state index in [4.69, 9.17) is 4.74 Å². The maximum absolute atomic E-state index is 11.9. The normalized spacial score (nSPS) is 52.5. The number of hydrogen-bond donors (Lipinski definition) is 0. The van der Waals surface area contributed by atoms with Crippen LogP contribution in [0.4, 0.5) is 0 Å². The van der Waals surface area contributed by atoms with Crippen LogP contribution in [0.1, 0.15) is 26.2 Å². The fourth-order valence-electron chi connectivity index (χ4n) is 5.32. The van der Waals surface area contributed by atoms with Gasteiger partial charge in [-0.15, -0.1) is 0 Å². The van der Waals surface area contributed by atoms with Gasteiger partial charge in [0.1, 0.15) is 0 Å². The van der Waals surface area contributed by atoms with E-state index in [0.29, 0.717) is 11.5 Å². The Balaban J connectivity index is 1.60. The van der Waals surface area contributed by atoms with Crippen LogP contribution in [0.15, 0.2) is 24.3 Å². The highest BCUT2D eigenvalue weighted by Crippen LogP contribution is 2.70. The summed E-state index contributed by atoms with van der Waals surface area (Å²) in [7, 11) is 0. The third-order valence-corrected chi connectivity index (χ3v) is 7.31. The first kappa shape index (κ1) is 12.4. The van der Waals surface area contributed by atoms with Crippen LogP contribution >= 0.6 is 22.6 Å². The number of allylic oxidation sites excluding steroid dienone is 2. The summed E-state index contributed by atoms with van der Waals surface area (Å²) < 4.78 is 5.57. The molecule has 0 N–H and O–H groups in total. The van der Waals surface area contributed by atoms with Gasteiger partial charge in [-0.2, -0.15) is 0 Å². The summed E-state index contributed by atoms with van der Waals surface area (Å²) in [6.45, 7) is 5.44. The van der Waals surface area contributed by atoms with Crippen LogP contribution in [0.5, 0.6) is 0 Å². The van der Waals surface area contributed by atoms with Crippen LogP contribution in [-0.2, 0) is 9.53 Å². The number of ether oxygens (including phenoxy) is 1. The van der Waals surface area contributed by atoms with Crippen molar-refractivity contribution in [1.82, 2.24) is 0 Å². The summed E-state index contributed by atoms with van der Waals surface area (Å²) in [5.41, 5.74) is 0.517. The third-order valence-electron chi connectivity index (χ3n) is 5.85. The number of carbonyl (C=O) groups is 1. The van der Waals surface area contributed by atoms with Gasteiger partial charge in [-0.25, -0.2) is 4.79 Å². The molecule has 0 aliphatic heterocycles. The van der Waals surface area contributed by atoms with E-state index in [1.54, 1.807) is 6.92 Å². The van der Waals surface area contributed by atoms with Gasteiger partial charge < -0.3 is 4.74 Å². The summed E-state index contributed by atoms with van der Waals surface area (Å²) >= 11 is 2.42. The van der Waals surface area contributed by atoms with E-state index in [-0.39, 0.29) is 9.58 Å². The third kappa shape index (κ3) is 1.57. The number of halogens is 1. The Kier molecular flexibility index (Phi) is 2.53. The number of carbonyl (C=O) groups excluding carboxylic acids is 1. The summed E-state index contributed by atoms with van der Waals surface area (Å²) in [6, 6.07) is 0. The first-order valence-corrected chi connectivity index (χ1v) is 8.33. The number of rotatable bonds is 2. The second-order valence-electron chi connectivity index (χ2n) is 6.87. The molecule has 4 bridgehead atoms. The van der Waals surface area contributed by atoms with Crippen LogP contribution in [0.3, 0.4) is 0 Å². The molecule has 0 saturated heterocycles. The zero-order chi connectivity index (χ0) is 13.4. The molecule has 0 spiro atoms. The van der Waals surface area contributed by atoms with E-state index in [2.05, 4.69) is 41.3 Å². The van der Waals surface area contributed by atoms with Crippen LogP contribution in [-0.4, -0.2) is 9.58 Å². The molecule has 0 heterocycles. The Hall–Kier alpha value is -0.320. The number of alkyl halides is 1. The summed E-state index contributed by atoms with van der Waals surface area (Å²) in [5, 5.41) is 0. The molecule has 2 nitrogen and oxygen atoms in total. The van der Waals surface area contributed by atoms with Crippen molar-refractivity contribution in [3.05, 3.63) is 24.3 Å². The van der Waals surface area contributed by atoms with E-state index in [9.17, 15) is 4.79 Å². The van der Waals surface area contributed by atoms with Crippen molar-refractivity contribution in [3.8, 4) is 0 Å². The molecule has 3 saturated carbocycles. The summed E-state index contributed by atoms with van der Waals surface area (Å²) in [5.74, 6) is 4.34. The van der Waals surface area contributed by atoms with E-state index in [1.807, 2.05) is 0 Å². The highest BCUT2D eigenvalue weighted by atomic mass is 127. The molecule has 102 valence electrons. The predicted molar refractivity (Wildman–Crippen MR) is 81.6 cm³/mol. The largest absolute Gasteiger partial charge is 0.445 e. The smallest absolute Gasteiger partial charge is 0.334 e. The zero-order valence-corrected chi connectivity index (χ0v) is 13.3. The van der Waals surface area contributed by atoms with Gasteiger partial charge in [0.2, 0.25) is 0 Å². The van der Waals surface area contributed by atoms with E-state index < -0.39 is 0 Å². The minimum atomic E-state index is -0.266. The van der Waals surface area contributed by atoms with Crippen LogP contribution < -0.4 is 0 Å². The Morgan fingerprint density at radius 3 is 2.68 bits per heavy atom. The minimum absolute atomic E-state index is 0.211. The van der Waals surface area contributed by atoms with Gasteiger partial charge >= 0.3 is 5.97 Å². The average molecular weight is 370 g/mol. The molecule has 7 unspecified atom stereocenters. The Labute approximate surface area is 127 Å². The molecule has 19 heavy (non-hydrogen) atoms. The van der Waals surface area contributed by atoms with Gasteiger partial charge in [0.15, 0.2) is 3.61 Å². The second-order valence-corrected chi connectivity index (χ2v) is 8.69. The molecule has 7 atom stereocenters. The summed E-state index contributed by atoms with van der Waals surface area (Å²) in [4.78, 5) is 11.9. The van der Waals surface area contributed by atoms with E-state index in [1.165, 1.54) is 12.8 Å². The van der Waals surface area contributed by atoms with Gasteiger partial charge in [0.25, 0.3) is 0 Å². The second kappa shape index (κ2) is 3.86. The van der Waals surface area contributed by atoms with Crippen molar-refractivity contribution in [1.29, 1.82) is 0 Å². The maximum atomic E-state index is 11.9. The van der Waals surface area contributed by atoms with Gasteiger partial charge in [-0.3, -0.25) is 0 Å². The Bertz CT molecular complexity index is 497. The average Bonchev–Trinajstić information content (AvgIpc) is 3.03. The van der Waals surface area contributed by atoms with Crippen molar-refractivity contribution in [2.75, 3.05) is 0 Å². The van der Waals surface area contributed by atoms with Crippen molar-refractivity contribution in [2.24, 2.45) is 35.5 Å². The molecule has 4 aliphatic rings. The predicted octanol–water partition coefficient (Wildman–Crippen LogP) is 3.72. The Morgan fingerprint density at radius 1 is 1.32 bits per heavy atom. The van der Waals surface area contributed by atoms with Gasteiger partial charge in [-0.1, -0.05) is 18.7 Å². The van der Waals surface area contributed by atoms with Gasteiger partial charge in [0.05, 0.1) is 0 Å². The van der Waals surface area contributed by atoms with Crippen LogP contribution in [0.25, 0.3) is 0 Å². The Morgan fingerprint density at radius 2 is 2.00 bits per heavy atom. The molecule has 0 aromatic heterocycles. The molecular formula is C16H19IO2. The lowest BCUT2D eigenvalue weighted by Gasteiger charge is -2.41. The van der Waals surface area contributed by atoms with Crippen molar-refractivity contribution < 1.29 is 9.53 Å². The molecule has 0 aromatic carbocycles. The fraction of sp³-hybridized carbons (Fsp3) is 0.688. The quantitative estimate of drug-likeness (QED) is 0.185. The van der Waals surface area contributed by atoms with Crippen LogP contribution in [0, 0.1) is 35.5 Å². The fourth-order valence-corrected chi connectivity index (χ4v) is 6.75. The van der Waals surface area contributed by atoms with E-state index >= 15 is 0 Å². The zero-order valence-electron chi connectivity index (χ0n) is 11.1. The first-order chi connectivity index (χ1) is 8.99. The maximum Gasteiger partial charge on any atom is 0.334 e. The van der Waals surface area contributed by atoms with Crippen molar-refractivity contribution >= 4 is 28.6 Å². The van der Waals surface area contributed by atoms with Crippen molar-refractivity contribution in [3.63, 3.8) is 0 Å². The first-order valence-electron chi connectivity index (χ1n) is 7.26. The molecule has 0 amide bonds. The number of esters is 1. The lowest BCUT2D eigenvalue weighted by molar-refractivity contribution is -0.150. The molecule has 4 rings (SSSR count). The topological polar surface area (TPSA) is 26.3 Å². The molecule has 3 fully saturated rings. The lowest BCUT2D eigenvalue weighted by Crippen LogP contribution is -2.43. The number of hydrogen-bond acceptors (Lipinski definition) is 2. The molecular weight excluding hydrogens is 351 g/mol. The molecule has 0 radical (unpaired) electrons. The number of fused-ring (bicyclic) bond motifs is 9. The summed E-state index contributed by atoms with van der Waals surface area (Å²) in [6.07, 6.45) is 8.53. The van der Waals surface area contributed by atoms with Gasteiger partial charge in [0, 0.05) is 11.5 Å². The van der Waals surface area contributed by atoms with Crippen molar-refractivity contribution in [2.45, 2.75) is 29.8 Å². The lowest BCUT2D eigenvalue weighted by atomic mass is 9.72. The highest BCUT2D eigenvalue weighted by Gasteiger charge is 2.66. The standard InChI is InChI=1S/C16H19IO2/c1-8(2)15(18)19-16(17)7-11-6-12(16)14-10-4-3-9(5-10)13(11)14/h3-4,9-14H,1,5-7H2,2H3. The van der Waals surface area contributed by atoms with E-state index in [0.717, 1.165) is 36.0 Å². The SMILES string of the molecule is C=C(C)C(=O)OC1(I)CC2CC1C1C3C=CC(C3)C21. The van der Waals surface area contributed by atoms with Crippen LogP contribution in [0.2, 0.25) is 0 Å². The minimum Gasteiger partial charge on any atom is -0.445 e. The monoisotopic (exact) mass is 370 g/mol. The molecule has 3 heteroatoms.